The summed E-state index contributed by atoms with van der Waals surface area (Å²) in [6, 6.07) is 0. The lowest BCUT2D eigenvalue weighted by Crippen LogP contribution is -2.38. The van der Waals surface area contributed by atoms with Gasteiger partial charge in [0, 0.05) is 30.0 Å². The normalized spacial score (nSPS) is 22.1. The molecule has 0 aromatic heterocycles. The minimum absolute atomic E-state index is 0.0579. The van der Waals surface area contributed by atoms with Crippen LogP contribution < -0.4 is 0 Å². The third-order valence-corrected chi connectivity index (χ3v) is 5.09. The molecule has 0 saturated carbocycles. The molecule has 0 spiro atoms. The molecule has 1 aliphatic carbocycles. The van der Waals surface area contributed by atoms with Crippen molar-refractivity contribution in [3.8, 4) is 0 Å². The van der Waals surface area contributed by atoms with Crippen molar-refractivity contribution in [2.24, 2.45) is 0 Å². The molecule has 0 aromatic rings. The first-order valence-corrected chi connectivity index (χ1v) is 11.1. The smallest absolute Gasteiger partial charge is 0.0990 e. The molecule has 1 unspecified atom stereocenters. The van der Waals surface area contributed by atoms with E-state index in [4.69, 9.17) is 16.3 Å². The van der Waals surface area contributed by atoms with E-state index >= 15 is 0 Å². The zero-order chi connectivity index (χ0) is 20.1. The lowest BCUT2D eigenvalue weighted by atomic mass is 10.0. The molecular formula is C22H33BrClNO2. The highest BCUT2D eigenvalue weighted by molar-refractivity contribution is 9.11. The molecular weight excluding hydrogens is 426 g/mol. The third-order valence-electron chi connectivity index (χ3n) is 4.41. The molecule has 1 fully saturated rings. The molecule has 0 aromatic carbocycles. The first-order valence-electron chi connectivity index (χ1n) is 9.76. The van der Waals surface area contributed by atoms with E-state index in [9.17, 15) is 5.11 Å². The van der Waals surface area contributed by atoms with Crippen LogP contribution >= 0.6 is 27.5 Å². The van der Waals surface area contributed by atoms with Gasteiger partial charge in [-0.1, -0.05) is 60.2 Å². The van der Waals surface area contributed by atoms with E-state index in [2.05, 4.69) is 33.0 Å². The van der Waals surface area contributed by atoms with Crippen LogP contribution in [-0.2, 0) is 4.74 Å². The summed E-state index contributed by atoms with van der Waals surface area (Å²) in [7, 11) is 0. The lowest BCUT2D eigenvalue weighted by Gasteiger charge is -2.31. The highest BCUT2D eigenvalue weighted by Crippen LogP contribution is 2.22. The van der Waals surface area contributed by atoms with Crippen molar-refractivity contribution in [1.29, 1.82) is 0 Å². The molecule has 27 heavy (non-hydrogen) atoms. The fourth-order valence-corrected chi connectivity index (χ4v) is 3.46. The summed E-state index contributed by atoms with van der Waals surface area (Å²) >= 11 is 9.31. The summed E-state index contributed by atoms with van der Waals surface area (Å²) in [5.74, 6) is 0.503. The number of ether oxygens (including phenoxy) is 1. The Morgan fingerprint density at radius 1 is 1.37 bits per heavy atom. The molecule has 1 heterocycles. The number of aliphatic hydroxyl groups excluding tert-OH is 1. The standard InChI is InChI=1S/C20H27BrClNO2.C2H6/c1-2-16(5-4-10-22)15-25-20-7-3-6-18(21)13-17(20)14-23-11-8-19(24)9-12-23;1-2/h2-7,13,19-20,24H,8-12,14-15H2,1H3;1-2H3/b5-4-,16-2+;. The van der Waals surface area contributed by atoms with Crippen LogP contribution in [0, 0.1) is 0 Å². The molecule has 1 aliphatic heterocycles. The highest BCUT2D eigenvalue weighted by Gasteiger charge is 2.21. The van der Waals surface area contributed by atoms with Gasteiger partial charge in [-0.05, 0) is 43.1 Å². The Kier molecular flexibility index (Phi) is 13.0. The molecule has 0 radical (unpaired) electrons. The molecule has 1 saturated heterocycles. The Morgan fingerprint density at radius 2 is 2.07 bits per heavy atom. The second-order valence-electron chi connectivity index (χ2n) is 6.31. The Morgan fingerprint density at radius 3 is 2.70 bits per heavy atom. The van der Waals surface area contributed by atoms with Gasteiger partial charge < -0.3 is 9.84 Å². The monoisotopic (exact) mass is 457 g/mol. The van der Waals surface area contributed by atoms with Crippen LogP contribution in [0.2, 0.25) is 0 Å². The number of aliphatic hydroxyl groups is 1. The van der Waals surface area contributed by atoms with Crippen molar-refractivity contribution in [3.05, 3.63) is 58.2 Å². The number of likely N-dealkylation sites (tertiary alicyclic amines) is 1. The molecule has 2 rings (SSSR count). The molecule has 0 amide bonds. The quantitative estimate of drug-likeness (QED) is 0.411. The van der Waals surface area contributed by atoms with Crippen LogP contribution in [0.1, 0.15) is 33.6 Å². The fourth-order valence-electron chi connectivity index (χ4n) is 2.92. The van der Waals surface area contributed by atoms with Crippen LogP contribution in [-0.4, -0.2) is 54.3 Å². The topological polar surface area (TPSA) is 32.7 Å². The van der Waals surface area contributed by atoms with Gasteiger partial charge in [-0.15, -0.1) is 11.6 Å². The minimum Gasteiger partial charge on any atom is -0.393 e. The van der Waals surface area contributed by atoms with Gasteiger partial charge in [0.2, 0.25) is 0 Å². The number of piperidine rings is 1. The zero-order valence-electron chi connectivity index (χ0n) is 16.7. The Labute approximate surface area is 178 Å². The molecule has 1 atom stereocenters. The van der Waals surface area contributed by atoms with Crippen molar-refractivity contribution < 1.29 is 9.84 Å². The second-order valence-corrected chi connectivity index (χ2v) is 7.54. The predicted octanol–water partition coefficient (Wildman–Crippen LogP) is 5.37. The number of allylic oxidation sites excluding steroid dienone is 6. The highest BCUT2D eigenvalue weighted by atomic mass is 79.9. The fraction of sp³-hybridized carbons (Fsp3) is 0.545. The molecule has 152 valence electrons. The summed E-state index contributed by atoms with van der Waals surface area (Å²) in [6.07, 6.45) is 15.8. The van der Waals surface area contributed by atoms with Gasteiger partial charge in [0.05, 0.1) is 18.8 Å². The van der Waals surface area contributed by atoms with E-state index in [0.29, 0.717) is 12.5 Å². The van der Waals surface area contributed by atoms with Crippen molar-refractivity contribution in [2.75, 3.05) is 32.1 Å². The first kappa shape index (κ1) is 24.4. The van der Waals surface area contributed by atoms with Crippen LogP contribution in [0.4, 0.5) is 0 Å². The molecule has 3 nitrogen and oxygen atoms in total. The number of nitrogens with zero attached hydrogens (tertiary/aromatic N) is 1. The summed E-state index contributed by atoms with van der Waals surface area (Å²) in [5.41, 5.74) is 2.34. The zero-order valence-corrected chi connectivity index (χ0v) is 19.0. The number of halogens is 2. The van der Waals surface area contributed by atoms with E-state index in [-0.39, 0.29) is 12.2 Å². The van der Waals surface area contributed by atoms with Crippen LogP contribution in [0.3, 0.4) is 0 Å². The average molecular weight is 459 g/mol. The number of hydrogen-bond acceptors (Lipinski definition) is 3. The summed E-state index contributed by atoms with van der Waals surface area (Å²) in [4.78, 5) is 2.39. The summed E-state index contributed by atoms with van der Waals surface area (Å²) < 4.78 is 7.24. The summed E-state index contributed by atoms with van der Waals surface area (Å²) in [5, 5.41) is 9.70. The molecule has 0 bridgehead atoms. The van der Waals surface area contributed by atoms with Crippen LogP contribution in [0.25, 0.3) is 0 Å². The van der Waals surface area contributed by atoms with Gasteiger partial charge in [-0.2, -0.15) is 0 Å². The largest absolute Gasteiger partial charge is 0.393 e. The lowest BCUT2D eigenvalue weighted by molar-refractivity contribution is 0.0793. The Balaban J connectivity index is 0.00000176. The van der Waals surface area contributed by atoms with Gasteiger partial charge >= 0.3 is 0 Å². The SMILES string of the molecule is C/C=C(\C=C/CCl)COC1C=CC=C(Br)C=C1CN1CCC(O)CC1.CC. The van der Waals surface area contributed by atoms with E-state index < -0.39 is 0 Å². The van der Waals surface area contributed by atoms with Crippen molar-refractivity contribution >= 4 is 27.5 Å². The average Bonchev–Trinajstić information content (AvgIpc) is 2.86. The van der Waals surface area contributed by atoms with Gasteiger partial charge in [-0.3, -0.25) is 4.90 Å². The van der Waals surface area contributed by atoms with Gasteiger partial charge in [0.1, 0.15) is 0 Å². The van der Waals surface area contributed by atoms with E-state index in [1.807, 2.05) is 51.2 Å². The first-order chi connectivity index (χ1) is 13.1. The van der Waals surface area contributed by atoms with Gasteiger partial charge in [0.15, 0.2) is 0 Å². The minimum atomic E-state index is -0.149. The van der Waals surface area contributed by atoms with Crippen LogP contribution in [0.15, 0.2) is 58.2 Å². The second kappa shape index (κ2) is 14.4. The molecule has 1 N–H and O–H groups in total. The summed E-state index contributed by atoms with van der Waals surface area (Å²) in [6.45, 7) is 9.26. The maximum absolute atomic E-state index is 9.70. The van der Waals surface area contributed by atoms with E-state index in [0.717, 1.165) is 42.5 Å². The number of alkyl halides is 1. The van der Waals surface area contributed by atoms with E-state index in [1.165, 1.54) is 5.57 Å². The molecule has 2 aliphatic rings. The molecule has 5 heteroatoms. The van der Waals surface area contributed by atoms with Gasteiger partial charge in [0.25, 0.3) is 0 Å². The Bertz CT molecular complexity index is 573. The van der Waals surface area contributed by atoms with Crippen LogP contribution in [0.5, 0.6) is 0 Å². The Hall–Kier alpha value is -0.650. The third kappa shape index (κ3) is 9.40. The van der Waals surface area contributed by atoms with E-state index in [1.54, 1.807) is 0 Å². The predicted molar refractivity (Wildman–Crippen MR) is 121 cm³/mol. The van der Waals surface area contributed by atoms with Crippen molar-refractivity contribution in [3.63, 3.8) is 0 Å². The van der Waals surface area contributed by atoms with Gasteiger partial charge in [-0.25, -0.2) is 0 Å². The maximum atomic E-state index is 9.70. The number of hydrogen-bond donors (Lipinski definition) is 1. The van der Waals surface area contributed by atoms with Crippen molar-refractivity contribution in [2.45, 2.75) is 45.8 Å². The number of rotatable bonds is 7. The maximum Gasteiger partial charge on any atom is 0.0990 e. The van der Waals surface area contributed by atoms with Crippen molar-refractivity contribution in [1.82, 2.24) is 4.90 Å².